The van der Waals surface area contributed by atoms with Crippen LogP contribution in [0.1, 0.15) is 6.42 Å². The summed E-state index contributed by atoms with van der Waals surface area (Å²) in [5, 5.41) is 13.7. The molecule has 0 saturated heterocycles. The van der Waals surface area contributed by atoms with Crippen LogP contribution in [0.15, 0.2) is 22.7 Å². The minimum Gasteiger partial charge on any atom is -0.480 e. The topological polar surface area (TPSA) is 78.4 Å². The quantitative estimate of drug-likeness (QED) is 0.724. The van der Waals surface area contributed by atoms with Crippen LogP contribution in [-0.4, -0.2) is 35.2 Å². The van der Waals surface area contributed by atoms with Gasteiger partial charge in [0.15, 0.2) is 0 Å². The highest BCUT2D eigenvalue weighted by Crippen LogP contribution is 2.19. The molecule has 0 radical (unpaired) electrons. The number of nitrogens with one attached hydrogen (secondary N) is 2. The number of carboxylic acid groups (broad SMARTS) is 1. The number of hydrogen-bond acceptors (Lipinski definition) is 3. The van der Waals surface area contributed by atoms with Gasteiger partial charge < -0.3 is 15.7 Å². The lowest BCUT2D eigenvalue weighted by Gasteiger charge is -2.14. The maximum absolute atomic E-state index is 13.3. The van der Waals surface area contributed by atoms with Crippen LogP contribution in [0.2, 0.25) is 0 Å². The van der Waals surface area contributed by atoms with Crippen molar-refractivity contribution in [3.63, 3.8) is 0 Å². The zero-order valence-electron chi connectivity index (χ0n) is 10.7. The fraction of sp³-hybridized carbons (Fsp3) is 0.333. The van der Waals surface area contributed by atoms with Crippen molar-refractivity contribution in [2.24, 2.45) is 0 Å². The minimum absolute atomic E-state index is 0.247. The Balaban J connectivity index is 2.60. The number of hydrogen-bond donors (Lipinski definition) is 3. The van der Waals surface area contributed by atoms with E-state index >= 15 is 0 Å². The first-order valence-electron chi connectivity index (χ1n) is 5.68. The summed E-state index contributed by atoms with van der Waals surface area (Å²) in [5.41, 5.74) is 0.247. The van der Waals surface area contributed by atoms with Crippen LogP contribution in [0.5, 0.6) is 0 Å². The molecule has 0 aliphatic carbocycles. The molecule has 1 unspecified atom stereocenters. The summed E-state index contributed by atoms with van der Waals surface area (Å²) in [6.07, 6.45) is 2.17. The number of urea groups is 1. The Morgan fingerprint density at radius 1 is 1.50 bits per heavy atom. The average Bonchev–Trinajstić information content (AvgIpc) is 2.38. The highest BCUT2D eigenvalue weighted by molar-refractivity contribution is 9.10. The molecular formula is C12H14BrFN2O3S. The number of anilines is 1. The Morgan fingerprint density at radius 3 is 2.75 bits per heavy atom. The van der Waals surface area contributed by atoms with Crippen molar-refractivity contribution >= 4 is 45.4 Å². The van der Waals surface area contributed by atoms with E-state index in [9.17, 15) is 14.0 Å². The van der Waals surface area contributed by atoms with E-state index in [1.54, 1.807) is 0 Å². The normalized spacial score (nSPS) is 11.8. The van der Waals surface area contributed by atoms with Crippen molar-refractivity contribution in [2.75, 3.05) is 17.3 Å². The van der Waals surface area contributed by atoms with E-state index in [0.29, 0.717) is 12.2 Å². The zero-order chi connectivity index (χ0) is 15.1. The van der Waals surface area contributed by atoms with Crippen LogP contribution in [0.25, 0.3) is 0 Å². The largest absolute Gasteiger partial charge is 0.480 e. The second kappa shape index (κ2) is 8.11. The molecule has 20 heavy (non-hydrogen) atoms. The molecule has 0 aliphatic heterocycles. The van der Waals surface area contributed by atoms with Crippen molar-refractivity contribution in [1.82, 2.24) is 5.32 Å². The number of aliphatic carboxylic acids is 1. The lowest BCUT2D eigenvalue weighted by molar-refractivity contribution is -0.139. The van der Waals surface area contributed by atoms with Gasteiger partial charge in [0.05, 0.1) is 4.47 Å². The van der Waals surface area contributed by atoms with Crippen LogP contribution >= 0.6 is 27.7 Å². The molecular weight excluding hydrogens is 351 g/mol. The van der Waals surface area contributed by atoms with Crippen LogP contribution in [0.3, 0.4) is 0 Å². The fourth-order valence-electron chi connectivity index (χ4n) is 1.39. The van der Waals surface area contributed by atoms with Crippen molar-refractivity contribution in [3.05, 3.63) is 28.5 Å². The molecule has 2 amide bonds. The van der Waals surface area contributed by atoms with E-state index < -0.39 is 23.9 Å². The third-order valence-electron chi connectivity index (χ3n) is 2.39. The molecule has 0 aromatic heterocycles. The standard InChI is InChI=1S/C12H14BrFN2O3S/c1-20-5-4-10(11(17)18)16-12(19)15-7-2-3-8(13)9(14)6-7/h2-3,6,10H,4-5H2,1H3,(H,17,18)(H2,15,16,19). The molecule has 0 spiro atoms. The number of benzene rings is 1. The molecule has 110 valence electrons. The first kappa shape index (κ1) is 16.8. The van der Waals surface area contributed by atoms with Crippen molar-refractivity contribution in [2.45, 2.75) is 12.5 Å². The number of carbonyl (C=O) groups excluding carboxylic acids is 1. The molecule has 8 heteroatoms. The Labute approximate surface area is 128 Å². The number of amides is 2. The van der Waals surface area contributed by atoms with E-state index in [-0.39, 0.29) is 10.2 Å². The van der Waals surface area contributed by atoms with Gasteiger partial charge in [0.2, 0.25) is 0 Å². The zero-order valence-corrected chi connectivity index (χ0v) is 13.1. The van der Waals surface area contributed by atoms with Crippen molar-refractivity contribution in [1.29, 1.82) is 0 Å². The Hall–Kier alpha value is -1.28. The van der Waals surface area contributed by atoms with Gasteiger partial charge >= 0.3 is 12.0 Å². The maximum Gasteiger partial charge on any atom is 0.326 e. The summed E-state index contributed by atoms with van der Waals surface area (Å²) in [5.74, 6) is -0.999. The Morgan fingerprint density at radius 2 is 2.20 bits per heavy atom. The second-order valence-electron chi connectivity index (χ2n) is 3.90. The molecule has 0 bridgehead atoms. The average molecular weight is 365 g/mol. The van der Waals surface area contributed by atoms with Gasteiger partial charge in [-0.05, 0) is 52.6 Å². The SMILES string of the molecule is CSCCC(NC(=O)Nc1ccc(Br)c(F)c1)C(=O)O. The monoisotopic (exact) mass is 364 g/mol. The molecule has 0 fully saturated rings. The number of halogens is 2. The first-order chi connectivity index (χ1) is 9.43. The van der Waals surface area contributed by atoms with Gasteiger partial charge in [-0.2, -0.15) is 11.8 Å². The fourth-order valence-corrected chi connectivity index (χ4v) is 2.11. The summed E-state index contributed by atoms with van der Waals surface area (Å²) in [6.45, 7) is 0. The first-order valence-corrected chi connectivity index (χ1v) is 7.87. The van der Waals surface area contributed by atoms with E-state index in [1.807, 2.05) is 6.26 Å². The van der Waals surface area contributed by atoms with Gasteiger partial charge in [-0.15, -0.1) is 0 Å². The van der Waals surface area contributed by atoms with Gasteiger partial charge in [-0.1, -0.05) is 0 Å². The molecule has 0 aliphatic rings. The highest BCUT2D eigenvalue weighted by atomic mass is 79.9. The van der Waals surface area contributed by atoms with Crippen LogP contribution in [-0.2, 0) is 4.79 Å². The summed E-state index contributed by atoms with van der Waals surface area (Å²) >= 11 is 4.49. The van der Waals surface area contributed by atoms with Gasteiger partial charge in [-0.25, -0.2) is 14.0 Å². The third-order valence-corrected chi connectivity index (χ3v) is 3.68. The smallest absolute Gasteiger partial charge is 0.326 e. The van der Waals surface area contributed by atoms with Crippen LogP contribution in [0, 0.1) is 5.82 Å². The Kier molecular flexibility index (Phi) is 6.80. The number of thioether (sulfide) groups is 1. The summed E-state index contributed by atoms with van der Waals surface area (Å²) in [4.78, 5) is 22.6. The van der Waals surface area contributed by atoms with E-state index in [2.05, 4.69) is 26.6 Å². The molecule has 1 aromatic carbocycles. The second-order valence-corrected chi connectivity index (χ2v) is 5.74. The lowest BCUT2D eigenvalue weighted by Crippen LogP contribution is -2.43. The van der Waals surface area contributed by atoms with Crippen LogP contribution < -0.4 is 10.6 Å². The minimum atomic E-state index is -1.10. The van der Waals surface area contributed by atoms with Crippen molar-refractivity contribution in [3.8, 4) is 0 Å². The Bertz CT molecular complexity index is 502. The van der Waals surface area contributed by atoms with E-state index in [1.165, 1.54) is 23.9 Å². The van der Waals surface area contributed by atoms with E-state index in [0.717, 1.165) is 6.07 Å². The number of carbonyl (C=O) groups is 2. The van der Waals surface area contributed by atoms with E-state index in [4.69, 9.17) is 5.11 Å². The summed E-state index contributed by atoms with van der Waals surface area (Å²) in [6, 6.07) is 2.45. The number of rotatable bonds is 6. The van der Waals surface area contributed by atoms with Gasteiger partial charge in [0.25, 0.3) is 0 Å². The highest BCUT2D eigenvalue weighted by Gasteiger charge is 2.19. The predicted molar refractivity (Wildman–Crippen MR) is 80.7 cm³/mol. The molecule has 3 N–H and O–H groups in total. The molecule has 1 atom stereocenters. The summed E-state index contributed by atoms with van der Waals surface area (Å²) < 4.78 is 13.6. The molecule has 1 rings (SSSR count). The van der Waals surface area contributed by atoms with Crippen LogP contribution in [0.4, 0.5) is 14.9 Å². The molecule has 0 saturated carbocycles. The summed E-state index contributed by atoms with van der Waals surface area (Å²) in [7, 11) is 0. The van der Waals surface area contributed by atoms with Gasteiger partial charge in [0.1, 0.15) is 11.9 Å². The molecule has 0 heterocycles. The predicted octanol–water partition coefficient (Wildman–Crippen LogP) is 2.92. The molecule has 1 aromatic rings. The molecule has 5 nitrogen and oxygen atoms in total. The maximum atomic E-state index is 13.3. The van der Waals surface area contributed by atoms with Gasteiger partial charge in [0, 0.05) is 5.69 Å². The lowest BCUT2D eigenvalue weighted by atomic mass is 10.2. The number of carboxylic acids is 1. The van der Waals surface area contributed by atoms with Gasteiger partial charge in [-0.3, -0.25) is 0 Å². The third kappa shape index (κ3) is 5.38. The van der Waals surface area contributed by atoms with Crippen molar-refractivity contribution < 1.29 is 19.1 Å².